The molecule has 1 amide bonds. The standard InChI is InChI=1S/C17H18F3N3O/c1-10-8-15(23(22-10)11(2)12-6-7-12)21-16(24)13-4-3-5-14(9-13)17(18,19)20/h3-5,8-9,11-12H,6-7H2,1-2H3,(H,21,24). The van der Waals surface area contributed by atoms with Gasteiger partial charge in [0, 0.05) is 11.6 Å². The van der Waals surface area contributed by atoms with Crippen LogP contribution in [-0.2, 0) is 6.18 Å². The molecular weight excluding hydrogens is 319 g/mol. The summed E-state index contributed by atoms with van der Waals surface area (Å²) >= 11 is 0. The third kappa shape index (κ3) is 3.44. The van der Waals surface area contributed by atoms with Crippen LogP contribution in [0.5, 0.6) is 0 Å². The van der Waals surface area contributed by atoms with Crippen LogP contribution in [-0.4, -0.2) is 15.7 Å². The lowest BCUT2D eigenvalue weighted by Gasteiger charge is -2.15. The fourth-order valence-electron chi connectivity index (χ4n) is 2.72. The molecule has 1 atom stereocenters. The van der Waals surface area contributed by atoms with Crippen molar-refractivity contribution in [2.45, 2.75) is 38.9 Å². The van der Waals surface area contributed by atoms with Crippen LogP contribution >= 0.6 is 0 Å². The van der Waals surface area contributed by atoms with Gasteiger partial charge < -0.3 is 5.32 Å². The highest BCUT2D eigenvalue weighted by Gasteiger charge is 2.32. The molecule has 2 aromatic rings. The van der Waals surface area contributed by atoms with Gasteiger partial charge in [0.2, 0.25) is 0 Å². The minimum absolute atomic E-state index is 0.0331. The maximum absolute atomic E-state index is 12.8. The number of hydrogen-bond acceptors (Lipinski definition) is 2. The molecular formula is C17H18F3N3O. The molecule has 0 saturated heterocycles. The number of halogens is 3. The molecule has 1 aromatic carbocycles. The van der Waals surface area contributed by atoms with E-state index in [-0.39, 0.29) is 11.6 Å². The number of benzene rings is 1. The van der Waals surface area contributed by atoms with E-state index in [2.05, 4.69) is 10.4 Å². The van der Waals surface area contributed by atoms with Gasteiger partial charge in [-0.2, -0.15) is 18.3 Å². The van der Waals surface area contributed by atoms with Gasteiger partial charge in [-0.1, -0.05) is 6.07 Å². The minimum atomic E-state index is -4.48. The van der Waals surface area contributed by atoms with Gasteiger partial charge in [0.25, 0.3) is 5.91 Å². The van der Waals surface area contributed by atoms with Crippen molar-refractivity contribution in [2.24, 2.45) is 5.92 Å². The van der Waals surface area contributed by atoms with Crippen LogP contribution in [0.1, 0.15) is 47.4 Å². The topological polar surface area (TPSA) is 46.9 Å². The number of carbonyl (C=O) groups excluding carboxylic acids is 1. The van der Waals surface area contributed by atoms with E-state index in [9.17, 15) is 18.0 Å². The van der Waals surface area contributed by atoms with Crippen molar-refractivity contribution >= 4 is 11.7 Å². The highest BCUT2D eigenvalue weighted by molar-refractivity contribution is 6.04. The van der Waals surface area contributed by atoms with Crippen molar-refractivity contribution in [1.82, 2.24) is 9.78 Å². The number of rotatable bonds is 4. The predicted molar refractivity (Wildman–Crippen MR) is 83.8 cm³/mol. The number of anilines is 1. The minimum Gasteiger partial charge on any atom is -0.307 e. The van der Waals surface area contributed by atoms with Crippen molar-refractivity contribution in [3.63, 3.8) is 0 Å². The average Bonchev–Trinajstić information content (AvgIpc) is 3.30. The van der Waals surface area contributed by atoms with Gasteiger partial charge in [0.1, 0.15) is 5.82 Å². The second-order valence-electron chi connectivity index (χ2n) is 6.23. The molecule has 7 heteroatoms. The highest BCUT2D eigenvalue weighted by atomic mass is 19.4. The molecule has 1 saturated carbocycles. The number of aryl methyl sites for hydroxylation is 1. The predicted octanol–water partition coefficient (Wildman–Crippen LogP) is 4.43. The van der Waals surface area contributed by atoms with E-state index in [4.69, 9.17) is 0 Å². The van der Waals surface area contributed by atoms with E-state index in [1.54, 1.807) is 10.7 Å². The average molecular weight is 337 g/mol. The van der Waals surface area contributed by atoms with E-state index in [1.807, 2.05) is 13.8 Å². The first-order valence-electron chi connectivity index (χ1n) is 7.80. The summed E-state index contributed by atoms with van der Waals surface area (Å²) in [7, 11) is 0. The second-order valence-corrected chi connectivity index (χ2v) is 6.23. The van der Waals surface area contributed by atoms with Crippen LogP contribution in [0.15, 0.2) is 30.3 Å². The van der Waals surface area contributed by atoms with Crippen LogP contribution in [0.3, 0.4) is 0 Å². The summed E-state index contributed by atoms with van der Waals surface area (Å²) in [6, 6.07) is 6.27. The number of nitrogens with zero attached hydrogens (tertiary/aromatic N) is 2. The van der Waals surface area contributed by atoms with Gasteiger partial charge in [-0.05, 0) is 50.8 Å². The molecule has 1 N–H and O–H groups in total. The van der Waals surface area contributed by atoms with Crippen LogP contribution in [0.4, 0.5) is 19.0 Å². The quantitative estimate of drug-likeness (QED) is 0.897. The summed E-state index contributed by atoms with van der Waals surface area (Å²) in [6.45, 7) is 3.85. The zero-order valence-corrected chi connectivity index (χ0v) is 13.4. The Bertz CT molecular complexity index is 763. The second kappa shape index (κ2) is 5.96. The molecule has 1 aliphatic carbocycles. The largest absolute Gasteiger partial charge is 0.416 e. The molecule has 0 radical (unpaired) electrons. The SMILES string of the molecule is Cc1cc(NC(=O)c2cccc(C(F)(F)F)c2)n(C(C)C2CC2)n1. The summed E-state index contributed by atoms with van der Waals surface area (Å²) in [6.07, 6.45) is -2.22. The Morgan fingerprint density at radius 1 is 1.33 bits per heavy atom. The van der Waals surface area contributed by atoms with E-state index < -0.39 is 17.6 Å². The lowest BCUT2D eigenvalue weighted by atomic mass is 10.1. The molecule has 0 spiro atoms. The normalized spacial score (nSPS) is 16.0. The molecule has 1 heterocycles. The molecule has 0 bridgehead atoms. The van der Waals surface area contributed by atoms with Gasteiger partial charge in [-0.25, -0.2) is 4.68 Å². The van der Waals surface area contributed by atoms with E-state index in [0.29, 0.717) is 11.7 Å². The van der Waals surface area contributed by atoms with Crippen molar-refractivity contribution in [3.8, 4) is 0 Å². The summed E-state index contributed by atoms with van der Waals surface area (Å²) < 4.78 is 40.1. The zero-order chi connectivity index (χ0) is 17.5. The molecule has 24 heavy (non-hydrogen) atoms. The van der Waals surface area contributed by atoms with E-state index in [0.717, 1.165) is 30.7 Å². The van der Waals surface area contributed by atoms with Crippen LogP contribution in [0.2, 0.25) is 0 Å². The summed E-state index contributed by atoms with van der Waals surface area (Å²) in [5.74, 6) is 0.466. The molecule has 1 aliphatic rings. The van der Waals surface area contributed by atoms with Crippen LogP contribution in [0.25, 0.3) is 0 Å². The van der Waals surface area contributed by atoms with Crippen molar-refractivity contribution in [1.29, 1.82) is 0 Å². The van der Waals surface area contributed by atoms with E-state index >= 15 is 0 Å². The molecule has 3 rings (SSSR count). The van der Waals surface area contributed by atoms with Crippen molar-refractivity contribution in [2.75, 3.05) is 5.32 Å². The Labute approximate surface area is 137 Å². The fourth-order valence-corrected chi connectivity index (χ4v) is 2.72. The van der Waals surface area contributed by atoms with Gasteiger partial charge in [0.05, 0.1) is 17.3 Å². The Hall–Kier alpha value is -2.31. The number of amides is 1. The molecule has 1 aromatic heterocycles. The Kier molecular flexibility index (Phi) is 4.11. The highest BCUT2D eigenvalue weighted by Crippen LogP contribution is 2.40. The first-order chi connectivity index (χ1) is 11.3. The number of nitrogens with one attached hydrogen (secondary N) is 1. The molecule has 1 unspecified atom stereocenters. The number of alkyl halides is 3. The van der Waals surface area contributed by atoms with Crippen LogP contribution in [0, 0.1) is 12.8 Å². The fraction of sp³-hybridized carbons (Fsp3) is 0.412. The maximum atomic E-state index is 12.8. The third-order valence-electron chi connectivity index (χ3n) is 4.24. The third-order valence-corrected chi connectivity index (χ3v) is 4.24. The lowest BCUT2D eigenvalue weighted by Crippen LogP contribution is -2.19. The van der Waals surface area contributed by atoms with Crippen molar-refractivity contribution < 1.29 is 18.0 Å². The smallest absolute Gasteiger partial charge is 0.307 e. The van der Waals surface area contributed by atoms with Gasteiger partial charge in [-0.3, -0.25) is 4.79 Å². The summed E-state index contributed by atoms with van der Waals surface area (Å²) in [5.41, 5.74) is -0.123. The number of hydrogen-bond donors (Lipinski definition) is 1. The number of aromatic nitrogens is 2. The summed E-state index contributed by atoms with van der Waals surface area (Å²) in [4.78, 5) is 12.3. The van der Waals surface area contributed by atoms with Gasteiger partial charge in [0.15, 0.2) is 0 Å². The molecule has 128 valence electrons. The number of carbonyl (C=O) groups is 1. The Morgan fingerprint density at radius 3 is 2.67 bits per heavy atom. The molecule has 1 fully saturated rings. The van der Waals surface area contributed by atoms with Crippen molar-refractivity contribution in [3.05, 3.63) is 47.2 Å². The van der Waals surface area contributed by atoms with Gasteiger partial charge in [-0.15, -0.1) is 0 Å². The lowest BCUT2D eigenvalue weighted by molar-refractivity contribution is -0.137. The first kappa shape index (κ1) is 16.5. The Balaban J connectivity index is 1.83. The zero-order valence-electron chi connectivity index (χ0n) is 13.4. The summed E-state index contributed by atoms with van der Waals surface area (Å²) in [5, 5.41) is 7.08. The molecule has 0 aliphatic heterocycles. The van der Waals surface area contributed by atoms with Gasteiger partial charge >= 0.3 is 6.18 Å². The first-order valence-corrected chi connectivity index (χ1v) is 7.80. The monoisotopic (exact) mass is 337 g/mol. The maximum Gasteiger partial charge on any atom is 0.416 e. The van der Waals surface area contributed by atoms with E-state index in [1.165, 1.54) is 12.1 Å². The molecule has 4 nitrogen and oxygen atoms in total. The van der Waals surface area contributed by atoms with Crippen LogP contribution < -0.4 is 5.32 Å². The Morgan fingerprint density at radius 2 is 2.04 bits per heavy atom.